The molecule has 2 N–H and O–H groups in total. The molecule has 100 valence electrons. The van der Waals surface area contributed by atoms with E-state index in [-0.39, 0.29) is 17.6 Å². The molecule has 0 saturated carbocycles. The molecule has 5 nitrogen and oxygen atoms in total. The summed E-state index contributed by atoms with van der Waals surface area (Å²) in [6, 6.07) is 3.41. The third-order valence-corrected chi connectivity index (χ3v) is 2.64. The second-order valence-corrected chi connectivity index (χ2v) is 4.82. The molecule has 0 saturated heterocycles. The van der Waals surface area contributed by atoms with Crippen LogP contribution < -0.4 is 10.6 Å². The van der Waals surface area contributed by atoms with Gasteiger partial charge in [-0.05, 0) is 33.2 Å². The van der Waals surface area contributed by atoms with Crippen LogP contribution in [0.5, 0.6) is 0 Å². The summed E-state index contributed by atoms with van der Waals surface area (Å²) in [5.74, 6) is 0.358. The lowest BCUT2D eigenvalue weighted by molar-refractivity contribution is 0.0929. The van der Waals surface area contributed by atoms with E-state index in [0.29, 0.717) is 10.8 Å². The zero-order valence-electron chi connectivity index (χ0n) is 11.1. The van der Waals surface area contributed by atoms with Crippen molar-refractivity contribution in [3.63, 3.8) is 0 Å². The van der Waals surface area contributed by atoms with Crippen LogP contribution in [0, 0.1) is 0 Å². The summed E-state index contributed by atoms with van der Waals surface area (Å²) in [4.78, 5) is 18.2. The summed E-state index contributed by atoms with van der Waals surface area (Å²) in [6.07, 6.45) is 0. The Morgan fingerprint density at radius 2 is 2.17 bits per heavy atom. The molecule has 1 rings (SSSR count). The topological polar surface area (TPSA) is 57.3 Å². The van der Waals surface area contributed by atoms with Crippen LogP contribution in [0.2, 0.25) is 5.02 Å². The van der Waals surface area contributed by atoms with E-state index in [1.54, 1.807) is 19.2 Å². The average molecular weight is 271 g/mol. The standard InChI is InChI=1S/C12H19ClN4O/c1-8(7-17(3)4)15-12(18)11-9(13)5-6-10(14-2)16-11/h5-6,8H,7H2,1-4H3,(H,14,16)(H,15,18). The molecule has 0 fully saturated rings. The van der Waals surface area contributed by atoms with Crippen molar-refractivity contribution in [2.45, 2.75) is 13.0 Å². The lowest BCUT2D eigenvalue weighted by atomic mass is 10.2. The Balaban J connectivity index is 2.77. The summed E-state index contributed by atoms with van der Waals surface area (Å²) in [5.41, 5.74) is 0.245. The molecule has 1 amide bonds. The van der Waals surface area contributed by atoms with Gasteiger partial charge in [-0.25, -0.2) is 4.98 Å². The maximum Gasteiger partial charge on any atom is 0.271 e. The molecule has 6 heteroatoms. The van der Waals surface area contributed by atoms with Crippen LogP contribution in [0.1, 0.15) is 17.4 Å². The molecule has 0 aliphatic rings. The highest BCUT2D eigenvalue weighted by atomic mass is 35.5. The first-order chi connectivity index (χ1) is 8.43. The predicted molar refractivity (Wildman–Crippen MR) is 74.3 cm³/mol. The maximum absolute atomic E-state index is 12.0. The number of aromatic nitrogens is 1. The van der Waals surface area contributed by atoms with Gasteiger partial charge in [0.1, 0.15) is 11.5 Å². The second kappa shape index (κ2) is 6.56. The Labute approximate surface area is 113 Å². The van der Waals surface area contributed by atoms with Crippen molar-refractivity contribution < 1.29 is 4.79 Å². The molecule has 0 aromatic carbocycles. The fourth-order valence-electron chi connectivity index (χ4n) is 1.63. The number of rotatable bonds is 5. The Bertz CT molecular complexity index is 423. The van der Waals surface area contributed by atoms with Gasteiger partial charge in [0, 0.05) is 19.6 Å². The smallest absolute Gasteiger partial charge is 0.271 e. The minimum atomic E-state index is -0.258. The van der Waals surface area contributed by atoms with Gasteiger partial charge < -0.3 is 15.5 Å². The molecular formula is C12H19ClN4O. The zero-order valence-corrected chi connectivity index (χ0v) is 11.9. The van der Waals surface area contributed by atoms with Gasteiger partial charge in [0.2, 0.25) is 0 Å². The van der Waals surface area contributed by atoms with Crippen LogP contribution in [0.15, 0.2) is 12.1 Å². The molecule has 1 heterocycles. The van der Waals surface area contributed by atoms with Gasteiger partial charge in [0.15, 0.2) is 0 Å². The molecule has 1 aromatic rings. The molecule has 1 unspecified atom stereocenters. The van der Waals surface area contributed by atoms with E-state index in [4.69, 9.17) is 11.6 Å². The van der Waals surface area contributed by atoms with E-state index in [1.165, 1.54) is 0 Å². The van der Waals surface area contributed by atoms with Gasteiger partial charge >= 0.3 is 0 Å². The first-order valence-corrected chi connectivity index (χ1v) is 6.11. The lowest BCUT2D eigenvalue weighted by Crippen LogP contribution is -2.40. The van der Waals surface area contributed by atoms with Crippen molar-refractivity contribution in [1.82, 2.24) is 15.2 Å². The summed E-state index contributed by atoms with van der Waals surface area (Å²) in [5, 5.41) is 6.09. The first-order valence-electron chi connectivity index (χ1n) is 5.74. The lowest BCUT2D eigenvalue weighted by Gasteiger charge is -2.18. The van der Waals surface area contributed by atoms with E-state index < -0.39 is 0 Å². The van der Waals surface area contributed by atoms with Gasteiger partial charge in [-0.3, -0.25) is 4.79 Å². The highest BCUT2D eigenvalue weighted by Crippen LogP contribution is 2.16. The third kappa shape index (κ3) is 4.16. The van der Waals surface area contributed by atoms with E-state index in [1.807, 2.05) is 25.9 Å². The van der Waals surface area contributed by atoms with Crippen molar-refractivity contribution >= 4 is 23.3 Å². The fourth-order valence-corrected chi connectivity index (χ4v) is 1.82. The van der Waals surface area contributed by atoms with E-state index in [9.17, 15) is 4.79 Å². The van der Waals surface area contributed by atoms with Crippen LogP contribution in [0.4, 0.5) is 5.82 Å². The highest BCUT2D eigenvalue weighted by molar-refractivity contribution is 6.33. The number of likely N-dealkylation sites (N-methyl/N-ethyl adjacent to an activating group) is 1. The highest BCUT2D eigenvalue weighted by Gasteiger charge is 2.15. The molecule has 1 aromatic heterocycles. The first kappa shape index (κ1) is 14.7. The number of amides is 1. The maximum atomic E-state index is 12.0. The summed E-state index contributed by atoms with van der Waals surface area (Å²) >= 11 is 5.98. The molecule has 0 aliphatic carbocycles. The Kier molecular flexibility index (Phi) is 5.37. The zero-order chi connectivity index (χ0) is 13.7. The number of nitrogens with one attached hydrogen (secondary N) is 2. The van der Waals surface area contributed by atoms with Crippen LogP contribution in [0.3, 0.4) is 0 Å². The van der Waals surface area contributed by atoms with Gasteiger partial charge in [0.25, 0.3) is 5.91 Å². The van der Waals surface area contributed by atoms with Crippen molar-refractivity contribution in [2.24, 2.45) is 0 Å². The molecular weight excluding hydrogens is 252 g/mol. The number of hydrogen-bond acceptors (Lipinski definition) is 4. The minimum Gasteiger partial charge on any atom is -0.373 e. The van der Waals surface area contributed by atoms with E-state index in [2.05, 4.69) is 15.6 Å². The number of nitrogens with zero attached hydrogens (tertiary/aromatic N) is 2. The average Bonchev–Trinajstić information content (AvgIpc) is 2.28. The molecule has 1 atom stereocenters. The van der Waals surface area contributed by atoms with E-state index in [0.717, 1.165) is 6.54 Å². The van der Waals surface area contributed by atoms with Crippen LogP contribution >= 0.6 is 11.6 Å². The minimum absolute atomic E-state index is 0.0311. The Morgan fingerprint density at radius 1 is 1.50 bits per heavy atom. The SMILES string of the molecule is CNc1ccc(Cl)c(C(=O)NC(C)CN(C)C)n1. The van der Waals surface area contributed by atoms with Crippen LogP contribution in [-0.2, 0) is 0 Å². The second-order valence-electron chi connectivity index (χ2n) is 4.41. The number of anilines is 1. The van der Waals surface area contributed by atoms with Crippen molar-refractivity contribution in [3.05, 3.63) is 22.8 Å². The molecule has 18 heavy (non-hydrogen) atoms. The van der Waals surface area contributed by atoms with E-state index >= 15 is 0 Å². The Morgan fingerprint density at radius 3 is 2.72 bits per heavy atom. The fraction of sp³-hybridized carbons (Fsp3) is 0.500. The number of pyridine rings is 1. The molecule has 0 spiro atoms. The van der Waals surface area contributed by atoms with Gasteiger partial charge in [-0.15, -0.1) is 0 Å². The number of carbonyl (C=O) groups is 1. The van der Waals surface area contributed by atoms with Gasteiger partial charge in [0.05, 0.1) is 5.02 Å². The third-order valence-electron chi connectivity index (χ3n) is 2.33. The van der Waals surface area contributed by atoms with Gasteiger partial charge in [-0.2, -0.15) is 0 Å². The molecule has 0 radical (unpaired) electrons. The molecule has 0 bridgehead atoms. The Hall–Kier alpha value is -1.33. The predicted octanol–water partition coefficient (Wildman–Crippen LogP) is 1.46. The summed E-state index contributed by atoms with van der Waals surface area (Å²) in [7, 11) is 5.65. The monoisotopic (exact) mass is 270 g/mol. The normalized spacial score (nSPS) is 12.3. The quantitative estimate of drug-likeness (QED) is 0.851. The summed E-state index contributed by atoms with van der Waals surface area (Å²) in [6.45, 7) is 2.70. The number of halogens is 1. The van der Waals surface area contributed by atoms with Crippen LogP contribution in [-0.4, -0.2) is 49.5 Å². The number of carbonyl (C=O) groups excluding carboxylic acids is 1. The van der Waals surface area contributed by atoms with Crippen molar-refractivity contribution in [2.75, 3.05) is 33.0 Å². The molecule has 0 aliphatic heterocycles. The van der Waals surface area contributed by atoms with Crippen molar-refractivity contribution in [1.29, 1.82) is 0 Å². The largest absolute Gasteiger partial charge is 0.373 e. The van der Waals surface area contributed by atoms with Gasteiger partial charge in [-0.1, -0.05) is 11.6 Å². The summed E-state index contributed by atoms with van der Waals surface area (Å²) < 4.78 is 0. The van der Waals surface area contributed by atoms with Crippen molar-refractivity contribution in [3.8, 4) is 0 Å². The number of hydrogen-bond donors (Lipinski definition) is 2. The van der Waals surface area contributed by atoms with Crippen LogP contribution in [0.25, 0.3) is 0 Å².